The Bertz CT molecular complexity index is 7960. The number of aromatic nitrogens is 14. The Hall–Kier alpha value is -15.4. The number of fused-ring (bicyclic) bond motifs is 14. The minimum atomic E-state index is -0.749. The van der Waals surface area contributed by atoms with E-state index in [1.54, 1.807) is 61.7 Å². The standard InChI is InChI=1S/C13H10N2O3S.C12H7ClN2O4.2C12H8N2O3.3C12H8N2O2S/c1-6-3-9(17-2)7-5-8-11(16)14-13(19)15-12(8)18-10(7)4-6;1-18-9-4-8-5(3-7(9)13)2-6-10(16)14-12(17)15-11(6)19-8;2*1-6-2-3-7-5-8-10(15)13-12(16)14-11(8)17-9(7)4-6;1-6-2-3-9-7(4-6)5-8-10(15)13-12(17)14-11(8)16-9;2*1-6-2-3-7-5-8-10(15)13-12(17)14-11(8)16-9(7)4-6/h3-5H,1-2H3,(H,14,16,19);2-4H,1H3,(H,14,16,17);2*2-5H,1H3,(H,13,15,16);3*2-5H,1H3,(H,13,15,17). The first-order chi connectivity index (χ1) is 58.8. The molecule has 0 unspecified atom stereocenters. The average Bonchev–Trinajstić information content (AvgIpc) is 0.785. The molecule has 21 rings (SSSR count). The molecule has 0 aromatic heterocycles. The summed E-state index contributed by atoms with van der Waals surface area (Å²) in [4.78, 5) is 158. The number of rotatable bonds is 2. The monoisotopic (exact) mass is 1740 g/mol. The van der Waals surface area contributed by atoms with Crippen molar-refractivity contribution in [3.05, 3.63) is 319 Å². The van der Waals surface area contributed by atoms with Gasteiger partial charge in [-0.05, 0) is 215 Å². The van der Waals surface area contributed by atoms with E-state index in [0.717, 1.165) is 65.7 Å². The second-order valence-corrected chi connectivity index (χ2v) is 29.4. The highest BCUT2D eigenvalue weighted by molar-refractivity contribution is 7.71. The smallest absolute Gasteiger partial charge is 0.351 e. The lowest BCUT2D eigenvalue weighted by molar-refractivity contribution is 0.414. The Morgan fingerprint density at radius 1 is 0.260 bits per heavy atom. The lowest BCUT2D eigenvalue weighted by Crippen LogP contribution is -2.24. The third-order valence-electron chi connectivity index (χ3n) is 18.4. The van der Waals surface area contributed by atoms with Crippen molar-refractivity contribution in [2.24, 2.45) is 0 Å². The number of benzene rings is 7. The molecule has 14 aliphatic heterocycles. The quantitative estimate of drug-likeness (QED) is 0.0624. The minimum absolute atomic E-state index is 0.0226. The summed E-state index contributed by atoms with van der Waals surface area (Å²) >= 11 is 25.4. The summed E-state index contributed by atoms with van der Waals surface area (Å²) in [6.45, 7) is 11.7. The van der Waals surface area contributed by atoms with E-state index < -0.39 is 33.7 Å². The summed E-state index contributed by atoms with van der Waals surface area (Å²) in [5, 5.41) is 5.95. The maximum atomic E-state index is 11.8. The van der Waals surface area contributed by atoms with Crippen molar-refractivity contribution in [3.8, 4) is 91.7 Å². The summed E-state index contributed by atoms with van der Waals surface area (Å²) in [6.07, 6.45) is 0. The Labute approximate surface area is 709 Å². The number of H-pyrrole nitrogens is 7. The molecule has 0 atom stereocenters. The predicted octanol–water partition coefficient (Wildman–Crippen LogP) is 14.9. The molecule has 14 aliphatic rings. The van der Waals surface area contributed by atoms with Crippen molar-refractivity contribution in [3.63, 3.8) is 0 Å². The summed E-state index contributed by atoms with van der Waals surface area (Å²) in [5.74, 6) is 2.25. The van der Waals surface area contributed by atoms with Crippen molar-refractivity contribution in [1.82, 2.24) is 69.8 Å². The van der Waals surface area contributed by atoms with Crippen molar-refractivity contribution in [2.75, 3.05) is 14.2 Å². The van der Waals surface area contributed by atoms with Gasteiger partial charge in [-0.25, -0.2) is 14.4 Å². The number of nitrogens with zero attached hydrogens (tertiary/aromatic N) is 7. The zero-order chi connectivity index (χ0) is 87.1. The molecule has 0 saturated heterocycles. The van der Waals surface area contributed by atoms with Gasteiger partial charge in [0.05, 0.1) is 24.6 Å². The summed E-state index contributed by atoms with van der Waals surface area (Å²) in [7, 11) is 3.06. The second kappa shape index (κ2) is 34.1. The van der Waals surface area contributed by atoms with Gasteiger partial charge in [0.25, 0.3) is 38.9 Å². The maximum Gasteiger partial charge on any atom is 0.351 e. The average molecular weight is 1740 g/mol. The van der Waals surface area contributed by atoms with Crippen LogP contribution in [0.5, 0.6) is 11.5 Å². The molecule has 0 aliphatic carbocycles. The second-order valence-electron chi connectivity index (χ2n) is 27.5. The Morgan fingerprint density at radius 3 is 0.862 bits per heavy atom. The number of aryl methyl sites for hydroxylation is 6. The van der Waals surface area contributed by atoms with Crippen LogP contribution in [0.2, 0.25) is 5.02 Å². The van der Waals surface area contributed by atoms with E-state index in [9.17, 15) is 47.9 Å². The molecule has 7 aromatic rings. The Kier molecular flexibility index (Phi) is 22.9. The van der Waals surface area contributed by atoms with Gasteiger partial charge in [-0.15, -0.1) is 0 Å². The zero-order valence-electron chi connectivity index (χ0n) is 64.9. The van der Waals surface area contributed by atoms with E-state index in [-0.39, 0.29) is 99.2 Å². The molecule has 38 heteroatoms. The van der Waals surface area contributed by atoms with Gasteiger partial charge < -0.3 is 40.4 Å². The number of methoxy groups -OCH3 is 2. The predicted molar refractivity (Wildman–Crippen MR) is 467 cm³/mol. The van der Waals surface area contributed by atoms with Crippen LogP contribution in [0.1, 0.15) is 33.4 Å². The number of aromatic amines is 7. The molecule has 0 spiro atoms. The highest BCUT2D eigenvalue weighted by Gasteiger charge is 2.22. The zero-order valence-corrected chi connectivity index (χ0v) is 68.9. The highest BCUT2D eigenvalue weighted by atomic mass is 35.5. The molecule has 0 saturated carbocycles. The molecular weight excluding hydrogens is 1680 g/mol. The fourth-order valence-electron chi connectivity index (χ4n) is 12.6. The summed E-state index contributed by atoms with van der Waals surface area (Å²) in [5.41, 5.74) is 8.23. The van der Waals surface area contributed by atoms with Crippen LogP contribution in [-0.4, -0.2) is 84.0 Å². The number of nitrogens with one attached hydrogen (secondary N) is 7. The van der Waals surface area contributed by atoms with Gasteiger partial charge in [0.1, 0.15) is 89.5 Å². The third kappa shape index (κ3) is 18.1. The first-order valence-corrected chi connectivity index (χ1v) is 38.3. The van der Waals surface area contributed by atoms with Crippen molar-refractivity contribution < 1.29 is 40.4 Å². The van der Waals surface area contributed by atoms with E-state index in [4.69, 9.17) is 101 Å². The van der Waals surface area contributed by atoms with Crippen LogP contribution in [0.3, 0.4) is 0 Å². The number of hydrogen-bond acceptors (Lipinski definition) is 30. The van der Waals surface area contributed by atoms with Crippen molar-refractivity contribution in [1.29, 1.82) is 0 Å². The molecule has 612 valence electrons. The Morgan fingerprint density at radius 2 is 0.520 bits per heavy atom. The molecule has 0 radical (unpaired) electrons. The fraction of sp³-hybridized carbons (Fsp3) is 0.0941. The molecule has 7 N–H and O–H groups in total. The summed E-state index contributed by atoms with van der Waals surface area (Å²) < 4.78 is 49.7. The van der Waals surface area contributed by atoms with Gasteiger partial charge in [-0.3, -0.25) is 68.4 Å². The molecular formula is C85H57ClN14O19S4. The molecule has 33 nitrogen and oxygen atoms in total. The van der Waals surface area contributed by atoms with Crippen LogP contribution < -0.4 is 65.5 Å². The first-order valence-electron chi connectivity index (χ1n) is 36.3. The van der Waals surface area contributed by atoms with Crippen molar-refractivity contribution in [2.45, 2.75) is 41.5 Å². The van der Waals surface area contributed by atoms with Crippen LogP contribution in [0.15, 0.2) is 237 Å². The van der Waals surface area contributed by atoms with Gasteiger partial charge in [-0.2, -0.15) is 34.9 Å². The van der Waals surface area contributed by atoms with E-state index in [0.29, 0.717) is 83.2 Å². The largest absolute Gasteiger partial charge is 0.496 e. The molecule has 7 aromatic carbocycles. The molecule has 0 fully saturated rings. The SMILES string of the molecule is COc1cc(C)cc2oc3nc(=S)[nH]c(=O)c-3cc12.COc1cc2oc3nc(=O)[nH]c(=O)c-3cc2cc1Cl.Cc1ccc2cc3c(=O)[nH]c(=O)nc-3oc2c1.Cc1ccc2cc3c(=O)[nH]c(=O)nc-3oc2c1.Cc1ccc2cc3c(=O)[nH]c(=S)nc-3oc2c1.Cc1ccc2cc3c(=O)[nH]c(=S)nc-3oc2c1.Cc1ccc2oc3nc(=S)[nH]c(=O)c-3cc2c1. The van der Waals surface area contributed by atoms with E-state index in [1.165, 1.54) is 7.11 Å². The minimum Gasteiger partial charge on any atom is -0.496 e. The summed E-state index contributed by atoms with van der Waals surface area (Å²) in [6, 6.07) is 47.4. The van der Waals surface area contributed by atoms with Gasteiger partial charge in [0, 0.05) is 38.4 Å². The van der Waals surface area contributed by atoms with Crippen LogP contribution in [0, 0.1) is 60.6 Å². The molecule has 14 heterocycles. The number of hydrogen-bond donors (Lipinski definition) is 7. The van der Waals surface area contributed by atoms with Gasteiger partial charge in [-0.1, -0.05) is 71.8 Å². The highest BCUT2D eigenvalue weighted by Crippen LogP contribution is 2.36. The van der Waals surface area contributed by atoms with Gasteiger partial charge in [0.15, 0.2) is 0 Å². The van der Waals surface area contributed by atoms with E-state index >= 15 is 0 Å². The van der Waals surface area contributed by atoms with Gasteiger partial charge in [0.2, 0.25) is 60.3 Å². The maximum absolute atomic E-state index is 11.8. The Balaban J connectivity index is 0.000000111. The normalized spacial score (nSPS) is 11.1. The topological polar surface area (TPSA) is 482 Å². The number of halogens is 1. The molecule has 0 bridgehead atoms. The van der Waals surface area contributed by atoms with E-state index in [1.807, 2.05) is 145 Å². The van der Waals surface area contributed by atoms with E-state index in [2.05, 4.69) is 69.8 Å². The molecule has 0 amide bonds. The van der Waals surface area contributed by atoms with Crippen LogP contribution in [0.25, 0.3) is 157 Å². The number of ether oxygens (including phenoxy) is 2. The fourth-order valence-corrected chi connectivity index (χ4v) is 13.6. The van der Waals surface area contributed by atoms with Crippen LogP contribution >= 0.6 is 60.5 Å². The lowest BCUT2D eigenvalue weighted by atomic mass is 10.1. The third-order valence-corrected chi connectivity index (χ3v) is 19.5. The van der Waals surface area contributed by atoms with Crippen molar-refractivity contribution >= 4 is 137 Å². The lowest BCUT2D eigenvalue weighted by Gasteiger charge is -2.09. The first kappa shape index (κ1) is 82.7. The van der Waals surface area contributed by atoms with Crippen LogP contribution in [-0.2, 0) is 0 Å². The van der Waals surface area contributed by atoms with Crippen LogP contribution in [0.4, 0.5) is 0 Å². The molecule has 123 heavy (non-hydrogen) atoms. The van der Waals surface area contributed by atoms with Gasteiger partial charge >= 0.3 is 17.1 Å².